The normalized spacial score (nSPS) is 10.3. The minimum absolute atomic E-state index is 0.135. The van der Waals surface area contributed by atoms with Crippen molar-refractivity contribution in [1.29, 1.82) is 0 Å². The quantitative estimate of drug-likeness (QED) is 0.571. The number of nitrogens with one attached hydrogen (secondary N) is 2. The number of amides is 2. The molecule has 2 amide bonds. The molecule has 0 saturated carbocycles. The molecule has 0 fully saturated rings. The van der Waals surface area contributed by atoms with Gasteiger partial charge < -0.3 is 10.6 Å². The first-order valence-corrected chi connectivity index (χ1v) is 8.36. The summed E-state index contributed by atoms with van der Waals surface area (Å²) in [6.45, 7) is 3.41. The molecule has 0 unspecified atom stereocenters. The number of rotatable bonds is 6. The summed E-state index contributed by atoms with van der Waals surface area (Å²) in [5, 5.41) is 16.7. The number of benzene rings is 2. The number of nitro groups is 1. The fourth-order valence-corrected chi connectivity index (χ4v) is 2.57. The fourth-order valence-electron chi connectivity index (χ4n) is 2.41. The van der Waals surface area contributed by atoms with Gasteiger partial charge in [0, 0.05) is 29.3 Å². The number of nitrogens with zero attached hydrogens (tertiary/aromatic N) is 1. The van der Waals surface area contributed by atoms with Crippen molar-refractivity contribution in [2.75, 3.05) is 10.6 Å². The molecule has 0 saturated heterocycles. The maximum absolute atomic E-state index is 12.5. The smallest absolute Gasteiger partial charge is 0.273 e. The van der Waals surface area contributed by atoms with E-state index in [2.05, 4.69) is 10.6 Å². The first-order chi connectivity index (χ1) is 12.3. The van der Waals surface area contributed by atoms with E-state index in [-0.39, 0.29) is 27.7 Å². The predicted octanol–water partition coefficient (Wildman–Crippen LogP) is 4.55. The second kappa shape index (κ2) is 8.44. The molecular formula is C18H18ClN3O4. The minimum atomic E-state index is -0.539. The van der Waals surface area contributed by atoms with Gasteiger partial charge >= 0.3 is 0 Å². The number of hydrogen-bond acceptors (Lipinski definition) is 4. The third-order valence-electron chi connectivity index (χ3n) is 3.72. The van der Waals surface area contributed by atoms with Crippen LogP contribution in [-0.2, 0) is 4.79 Å². The van der Waals surface area contributed by atoms with E-state index in [0.717, 1.165) is 6.42 Å². The van der Waals surface area contributed by atoms with Gasteiger partial charge in [-0.3, -0.25) is 19.7 Å². The predicted molar refractivity (Wildman–Crippen MR) is 101 cm³/mol. The van der Waals surface area contributed by atoms with Gasteiger partial charge in [0.1, 0.15) is 0 Å². The Bertz CT molecular complexity index is 868. The van der Waals surface area contributed by atoms with E-state index < -0.39 is 10.8 Å². The molecule has 2 N–H and O–H groups in total. The maximum Gasteiger partial charge on any atom is 0.273 e. The van der Waals surface area contributed by atoms with Gasteiger partial charge in [-0.05, 0) is 37.6 Å². The van der Waals surface area contributed by atoms with Crippen LogP contribution >= 0.6 is 11.6 Å². The van der Waals surface area contributed by atoms with Crippen LogP contribution in [0.15, 0.2) is 36.4 Å². The molecule has 2 aromatic rings. The second-order valence-corrected chi connectivity index (χ2v) is 6.06. The molecule has 7 nitrogen and oxygen atoms in total. The van der Waals surface area contributed by atoms with Crippen molar-refractivity contribution in [3.05, 3.63) is 62.7 Å². The standard InChI is InChI=1S/C18H18ClN3O4/c1-3-5-17(23)20-12-8-9-14(19)15(10-12)21-18(24)13-6-4-7-16(11(13)2)22(25)26/h4,6-10H,3,5H2,1-2H3,(H,20,23)(H,21,24). The maximum atomic E-state index is 12.5. The Labute approximate surface area is 155 Å². The molecule has 0 bridgehead atoms. The lowest BCUT2D eigenvalue weighted by Crippen LogP contribution is -2.15. The van der Waals surface area contributed by atoms with Gasteiger partial charge in [-0.25, -0.2) is 0 Å². The molecule has 0 aromatic heterocycles. The van der Waals surface area contributed by atoms with E-state index in [4.69, 9.17) is 11.6 Å². The second-order valence-electron chi connectivity index (χ2n) is 5.65. The number of carbonyl (C=O) groups is 2. The van der Waals surface area contributed by atoms with Crippen LogP contribution in [-0.4, -0.2) is 16.7 Å². The van der Waals surface area contributed by atoms with Crippen molar-refractivity contribution in [2.45, 2.75) is 26.7 Å². The summed E-state index contributed by atoms with van der Waals surface area (Å²) in [5.41, 5.74) is 1.11. The van der Waals surface area contributed by atoms with E-state index in [0.29, 0.717) is 17.8 Å². The van der Waals surface area contributed by atoms with Crippen LogP contribution in [0.4, 0.5) is 17.1 Å². The summed E-state index contributed by atoms with van der Waals surface area (Å²) in [6, 6.07) is 9.01. The van der Waals surface area contributed by atoms with Gasteiger partial charge in [0.2, 0.25) is 5.91 Å². The molecule has 0 aliphatic heterocycles. The van der Waals surface area contributed by atoms with Gasteiger partial charge in [0.25, 0.3) is 11.6 Å². The third kappa shape index (κ3) is 4.58. The molecule has 0 radical (unpaired) electrons. The zero-order chi connectivity index (χ0) is 19.3. The van der Waals surface area contributed by atoms with Gasteiger partial charge in [-0.15, -0.1) is 0 Å². The van der Waals surface area contributed by atoms with Crippen LogP contribution in [0, 0.1) is 17.0 Å². The number of carbonyl (C=O) groups excluding carboxylic acids is 2. The molecule has 0 spiro atoms. The van der Waals surface area contributed by atoms with E-state index in [1.165, 1.54) is 25.1 Å². The number of nitro benzene ring substituents is 1. The van der Waals surface area contributed by atoms with Crippen LogP contribution < -0.4 is 10.6 Å². The van der Waals surface area contributed by atoms with Gasteiger partial charge in [0.15, 0.2) is 0 Å². The highest BCUT2D eigenvalue weighted by Crippen LogP contribution is 2.27. The Morgan fingerprint density at radius 3 is 2.58 bits per heavy atom. The average molecular weight is 376 g/mol. The third-order valence-corrected chi connectivity index (χ3v) is 4.05. The summed E-state index contributed by atoms with van der Waals surface area (Å²) in [4.78, 5) is 34.7. The summed E-state index contributed by atoms with van der Waals surface area (Å²) < 4.78 is 0. The summed E-state index contributed by atoms with van der Waals surface area (Å²) in [7, 11) is 0. The van der Waals surface area contributed by atoms with Gasteiger partial charge in [-0.2, -0.15) is 0 Å². The highest BCUT2D eigenvalue weighted by Gasteiger charge is 2.18. The highest BCUT2D eigenvalue weighted by atomic mass is 35.5. The highest BCUT2D eigenvalue weighted by molar-refractivity contribution is 6.34. The molecule has 2 aromatic carbocycles. The van der Waals surface area contributed by atoms with E-state index in [9.17, 15) is 19.7 Å². The van der Waals surface area contributed by atoms with Crippen molar-refractivity contribution in [2.24, 2.45) is 0 Å². The molecule has 2 rings (SSSR count). The van der Waals surface area contributed by atoms with Crippen LogP contribution in [0.25, 0.3) is 0 Å². The molecular weight excluding hydrogens is 358 g/mol. The van der Waals surface area contributed by atoms with Gasteiger partial charge in [-0.1, -0.05) is 24.6 Å². The number of hydrogen-bond donors (Lipinski definition) is 2. The zero-order valence-electron chi connectivity index (χ0n) is 14.3. The first kappa shape index (κ1) is 19.4. The molecule has 0 heterocycles. The van der Waals surface area contributed by atoms with Gasteiger partial charge in [0.05, 0.1) is 15.6 Å². The monoisotopic (exact) mass is 375 g/mol. The van der Waals surface area contributed by atoms with Crippen molar-refractivity contribution in [3.63, 3.8) is 0 Å². The lowest BCUT2D eigenvalue weighted by Gasteiger charge is -2.12. The number of anilines is 2. The summed E-state index contributed by atoms with van der Waals surface area (Å²) in [6.07, 6.45) is 1.10. The Kier molecular flexibility index (Phi) is 6.30. The average Bonchev–Trinajstić information content (AvgIpc) is 2.58. The number of halogens is 1. The minimum Gasteiger partial charge on any atom is -0.326 e. The lowest BCUT2D eigenvalue weighted by atomic mass is 10.1. The molecule has 26 heavy (non-hydrogen) atoms. The fraction of sp³-hybridized carbons (Fsp3) is 0.222. The molecule has 136 valence electrons. The molecule has 0 atom stereocenters. The van der Waals surface area contributed by atoms with E-state index >= 15 is 0 Å². The van der Waals surface area contributed by atoms with Crippen LogP contribution in [0.2, 0.25) is 5.02 Å². The SMILES string of the molecule is CCCC(=O)Nc1ccc(Cl)c(NC(=O)c2cccc([N+](=O)[O-])c2C)c1. The van der Waals surface area contributed by atoms with Crippen molar-refractivity contribution in [3.8, 4) is 0 Å². The topological polar surface area (TPSA) is 101 Å². The Hall–Kier alpha value is -2.93. The van der Waals surface area contributed by atoms with Crippen LogP contribution in [0.3, 0.4) is 0 Å². The van der Waals surface area contributed by atoms with Crippen molar-refractivity contribution >= 4 is 40.5 Å². The van der Waals surface area contributed by atoms with E-state index in [1.54, 1.807) is 18.2 Å². The van der Waals surface area contributed by atoms with Crippen molar-refractivity contribution < 1.29 is 14.5 Å². The van der Waals surface area contributed by atoms with E-state index in [1.807, 2.05) is 6.92 Å². The lowest BCUT2D eigenvalue weighted by molar-refractivity contribution is -0.385. The summed E-state index contributed by atoms with van der Waals surface area (Å²) >= 11 is 6.11. The Morgan fingerprint density at radius 1 is 1.19 bits per heavy atom. The zero-order valence-corrected chi connectivity index (χ0v) is 15.1. The van der Waals surface area contributed by atoms with Crippen molar-refractivity contribution in [1.82, 2.24) is 0 Å². The van der Waals surface area contributed by atoms with Crippen LogP contribution in [0.5, 0.6) is 0 Å². The molecule has 8 heteroatoms. The largest absolute Gasteiger partial charge is 0.326 e. The molecule has 0 aliphatic carbocycles. The van der Waals surface area contributed by atoms with Crippen LogP contribution in [0.1, 0.15) is 35.7 Å². The first-order valence-electron chi connectivity index (χ1n) is 7.98. The Morgan fingerprint density at radius 2 is 1.92 bits per heavy atom. The Balaban J connectivity index is 2.25. The molecule has 0 aliphatic rings. The summed E-state index contributed by atoms with van der Waals surface area (Å²) in [5.74, 6) is -0.660.